The van der Waals surface area contributed by atoms with Gasteiger partial charge in [0.05, 0.1) is 3.57 Å². The quantitative estimate of drug-likeness (QED) is 0.643. The highest BCUT2D eigenvalue weighted by Gasteiger charge is 1.97. The lowest BCUT2D eigenvalue weighted by Gasteiger charge is -1.89. The molecule has 0 N–H and O–H groups in total. The molecule has 0 aliphatic heterocycles. The van der Waals surface area contributed by atoms with Crippen LogP contribution in [0.5, 0.6) is 0 Å². The number of aromatic nitrogens is 4. The van der Waals surface area contributed by atoms with E-state index in [-0.39, 0.29) is 0 Å². The second-order valence-corrected chi connectivity index (χ2v) is 2.94. The van der Waals surface area contributed by atoms with E-state index < -0.39 is 0 Å². The predicted octanol–water partition coefficient (Wildman–Crippen LogP) is 0.729. The minimum atomic E-state index is 0.808. The summed E-state index contributed by atoms with van der Waals surface area (Å²) in [7, 11) is 0. The molecule has 2 aromatic heterocycles. The Morgan fingerprint density at radius 1 is 1.50 bits per heavy atom. The van der Waals surface area contributed by atoms with Crippen molar-refractivity contribution >= 4 is 28.2 Å². The van der Waals surface area contributed by atoms with Crippen LogP contribution in [-0.2, 0) is 0 Å². The number of fused-ring (bicyclic) bond motifs is 1. The second kappa shape index (κ2) is 2.15. The fraction of sp³-hybridized carbons (Fsp3) is 0. The van der Waals surface area contributed by atoms with Gasteiger partial charge in [0, 0.05) is 6.20 Å². The van der Waals surface area contributed by atoms with Gasteiger partial charge in [0.2, 0.25) is 0 Å². The molecule has 5 heteroatoms. The van der Waals surface area contributed by atoms with Crippen LogP contribution in [0.2, 0.25) is 0 Å². The molecular formula is C5H3IN4. The molecule has 2 heterocycles. The van der Waals surface area contributed by atoms with Crippen LogP contribution < -0.4 is 0 Å². The lowest BCUT2D eigenvalue weighted by atomic mass is 10.6. The van der Waals surface area contributed by atoms with Crippen molar-refractivity contribution in [3.05, 3.63) is 22.2 Å². The van der Waals surface area contributed by atoms with Gasteiger partial charge in [0.1, 0.15) is 6.33 Å². The largest absolute Gasteiger partial charge is 0.199 e. The van der Waals surface area contributed by atoms with E-state index in [0.717, 1.165) is 9.22 Å². The average molecular weight is 246 g/mol. The maximum Gasteiger partial charge on any atom is 0.190 e. The van der Waals surface area contributed by atoms with Crippen LogP contribution in [0.25, 0.3) is 5.65 Å². The SMILES string of the molecule is Ic1ccnn2cnnc12. The number of nitrogens with zero attached hydrogens (tertiary/aromatic N) is 4. The zero-order valence-corrected chi connectivity index (χ0v) is 7.06. The molecule has 2 rings (SSSR count). The summed E-state index contributed by atoms with van der Waals surface area (Å²) < 4.78 is 2.70. The third-order valence-corrected chi connectivity index (χ3v) is 2.00. The summed E-state index contributed by atoms with van der Waals surface area (Å²) in [5, 5.41) is 11.6. The van der Waals surface area contributed by atoms with E-state index in [0.29, 0.717) is 0 Å². The summed E-state index contributed by atoms with van der Waals surface area (Å²) in [6, 6.07) is 1.89. The molecule has 0 unspecified atom stereocenters. The summed E-state index contributed by atoms with van der Waals surface area (Å²) >= 11 is 2.19. The van der Waals surface area contributed by atoms with E-state index in [1.54, 1.807) is 17.0 Å². The van der Waals surface area contributed by atoms with Crippen LogP contribution >= 0.6 is 22.6 Å². The predicted molar refractivity (Wildman–Crippen MR) is 43.5 cm³/mol. The van der Waals surface area contributed by atoms with Crippen molar-refractivity contribution in [3.8, 4) is 0 Å². The van der Waals surface area contributed by atoms with Gasteiger partial charge in [0.25, 0.3) is 0 Å². The summed E-state index contributed by atoms with van der Waals surface area (Å²) in [5.41, 5.74) is 0.808. The molecule has 0 bridgehead atoms. The Hall–Kier alpha value is -0.720. The van der Waals surface area contributed by atoms with E-state index in [4.69, 9.17) is 0 Å². The first-order valence-corrected chi connectivity index (χ1v) is 3.76. The highest BCUT2D eigenvalue weighted by atomic mass is 127. The van der Waals surface area contributed by atoms with Crippen LogP contribution in [0.4, 0.5) is 0 Å². The Labute approximate surface area is 70.4 Å². The maximum absolute atomic E-state index is 3.99. The third kappa shape index (κ3) is 0.772. The fourth-order valence-corrected chi connectivity index (χ4v) is 1.23. The summed E-state index contributed by atoms with van der Waals surface area (Å²) in [6.07, 6.45) is 3.30. The second-order valence-electron chi connectivity index (χ2n) is 1.78. The number of hydrogen-bond acceptors (Lipinski definition) is 3. The van der Waals surface area contributed by atoms with Crippen LogP contribution in [-0.4, -0.2) is 19.8 Å². The smallest absolute Gasteiger partial charge is 0.190 e. The fourth-order valence-electron chi connectivity index (χ4n) is 0.717. The molecule has 0 spiro atoms. The van der Waals surface area contributed by atoms with Crippen molar-refractivity contribution in [1.29, 1.82) is 0 Å². The van der Waals surface area contributed by atoms with Gasteiger partial charge in [-0.1, -0.05) is 0 Å². The zero-order valence-electron chi connectivity index (χ0n) is 4.90. The lowest BCUT2D eigenvalue weighted by Crippen LogP contribution is -1.89. The molecule has 0 amide bonds. The molecule has 50 valence electrons. The highest BCUT2D eigenvalue weighted by molar-refractivity contribution is 14.1. The lowest BCUT2D eigenvalue weighted by molar-refractivity contribution is 0.922. The summed E-state index contributed by atoms with van der Waals surface area (Å²) in [6.45, 7) is 0. The van der Waals surface area contributed by atoms with Gasteiger partial charge in [-0.15, -0.1) is 10.2 Å². The van der Waals surface area contributed by atoms with Gasteiger partial charge in [-0.2, -0.15) is 9.61 Å². The van der Waals surface area contributed by atoms with Crippen molar-refractivity contribution in [1.82, 2.24) is 19.8 Å². The molecule has 0 fully saturated rings. The van der Waals surface area contributed by atoms with Crippen molar-refractivity contribution in [3.63, 3.8) is 0 Å². The molecule has 0 saturated heterocycles. The Bertz CT molecular complexity index is 355. The third-order valence-electron chi connectivity index (χ3n) is 1.16. The molecule has 2 aromatic rings. The average Bonchev–Trinajstić information content (AvgIpc) is 2.36. The van der Waals surface area contributed by atoms with Gasteiger partial charge in [-0.25, -0.2) is 0 Å². The van der Waals surface area contributed by atoms with Crippen molar-refractivity contribution < 1.29 is 0 Å². The molecule has 4 nitrogen and oxygen atoms in total. The van der Waals surface area contributed by atoms with Crippen LogP contribution in [0, 0.1) is 3.57 Å². The zero-order chi connectivity index (χ0) is 6.97. The van der Waals surface area contributed by atoms with E-state index in [9.17, 15) is 0 Å². The summed E-state index contributed by atoms with van der Waals surface area (Å²) in [4.78, 5) is 0. The monoisotopic (exact) mass is 246 g/mol. The van der Waals surface area contributed by atoms with Crippen molar-refractivity contribution in [2.45, 2.75) is 0 Å². The van der Waals surface area contributed by atoms with Gasteiger partial charge in [0.15, 0.2) is 5.65 Å². The van der Waals surface area contributed by atoms with Crippen LogP contribution in [0.15, 0.2) is 18.6 Å². The Morgan fingerprint density at radius 3 is 3.20 bits per heavy atom. The first kappa shape index (κ1) is 6.02. The van der Waals surface area contributed by atoms with E-state index in [1.165, 1.54) is 0 Å². The normalized spacial score (nSPS) is 10.5. The molecular weight excluding hydrogens is 243 g/mol. The number of hydrogen-bond donors (Lipinski definition) is 0. The van der Waals surface area contributed by atoms with E-state index >= 15 is 0 Å². The van der Waals surface area contributed by atoms with Gasteiger partial charge in [-0.3, -0.25) is 0 Å². The van der Waals surface area contributed by atoms with Crippen LogP contribution in [0.3, 0.4) is 0 Å². The molecule has 0 atom stereocenters. The van der Waals surface area contributed by atoms with Crippen molar-refractivity contribution in [2.24, 2.45) is 0 Å². The minimum absolute atomic E-state index is 0.808. The Kier molecular flexibility index (Phi) is 1.30. The summed E-state index contributed by atoms with van der Waals surface area (Å²) in [5.74, 6) is 0. The Balaban J connectivity index is 2.95. The number of halogens is 1. The van der Waals surface area contributed by atoms with Crippen LogP contribution in [0.1, 0.15) is 0 Å². The molecule has 10 heavy (non-hydrogen) atoms. The maximum atomic E-state index is 3.99. The van der Waals surface area contributed by atoms with E-state index in [2.05, 4.69) is 37.9 Å². The minimum Gasteiger partial charge on any atom is -0.199 e. The van der Waals surface area contributed by atoms with Gasteiger partial charge < -0.3 is 0 Å². The van der Waals surface area contributed by atoms with Gasteiger partial charge >= 0.3 is 0 Å². The first-order valence-electron chi connectivity index (χ1n) is 2.68. The molecule has 0 aliphatic rings. The number of rotatable bonds is 0. The first-order chi connectivity index (χ1) is 4.88. The molecule has 0 saturated carbocycles. The topological polar surface area (TPSA) is 43.1 Å². The van der Waals surface area contributed by atoms with Gasteiger partial charge in [-0.05, 0) is 28.7 Å². The highest BCUT2D eigenvalue weighted by Crippen LogP contribution is 2.07. The molecule has 0 aliphatic carbocycles. The molecule has 0 aromatic carbocycles. The molecule has 0 radical (unpaired) electrons. The van der Waals surface area contributed by atoms with Crippen molar-refractivity contribution in [2.75, 3.05) is 0 Å². The standard InChI is InChI=1S/C5H3IN4/c6-4-1-2-8-10-3-7-9-5(4)10/h1-3H. The van der Waals surface area contributed by atoms with E-state index in [1.807, 2.05) is 6.07 Å². The Morgan fingerprint density at radius 2 is 2.40 bits per heavy atom.